The predicted molar refractivity (Wildman–Crippen MR) is 105 cm³/mol. The first-order valence-corrected chi connectivity index (χ1v) is 10.0. The third-order valence-corrected chi connectivity index (χ3v) is 4.65. The first-order chi connectivity index (χ1) is 13.1. The minimum absolute atomic E-state index is 0.298. The largest absolute Gasteiger partial charge is 0.385 e. The van der Waals surface area contributed by atoms with E-state index < -0.39 is 0 Å². The highest BCUT2D eigenvalue weighted by molar-refractivity contribution is 5.79. The summed E-state index contributed by atoms with van der Waals surface area (Å²) in [5, 5.41) is 7.44. The van der Waals surface area contributed by atoms with Crippen molar-refractivity contribution >= 4 is 5.96 Å². The van der Waals surface area contributed by atoms with E-state index in [-0.39, 0.29) is 0 Å². The Morgan fingerprint density at radius 2 is 2.07 bits per heavy atom. The van der Waals surface area contributed by atoms with E-state index in [9.17, 15) is 0 Å². The Morgan fingerprint density at radius 3 is 2.70 bits per heavy atom. The minimum atomic E-state index is 0.298. The maximum absolute atomic E-state index is 5.92. The van der Waals surface area contributed by atoms with Crippen LogP contribution in [0.1, 0.15) is 57.2 Å². The molecule has 0 saturated carbocycles. The van der Waals surface area contributed by atoms with Crippen LogP contribution < -0.4 is 5.32 Å². The quantitative estimate of drug-likeness (QED) is 0.378. The molecule has 0 radical (unpaired) electrons. The third-order valence-electron chi connectivity index (χ3n) is 4.65. The Hall–Kier alpha value is -1.67. The lowest BCUT2D eigenvalue weighted by Crippen LogP contribution is -2.47. The molecular weight excluding hydrogens is 346 g/mol. The Labute approximate surface area is 162 Å². The number of piperidine rings is 1. The van der Waals surface area contributed by atoms with Gasteiger partial charge in [0.15, 0.2) is 11.8 Å². The van der Waals surface area contributed by atoms with Gasteiger partial charge in [-0.3, -0.25) is 4.99 Å². The van der Waals surface area contributed by atoms with E-state index in [1.165, 1.54) is 0 Å². The summed E-state index contributed by atoms with van der Waals surface area (Å²) >= 11 is 0. The van der Waals surface area contributed by atoms with Gasteiger partial charge in [-0.05, 0) is 25.7 Å². The highest BCUT2D eigenvalue weighted by Crippen LogP contribution is 2.14. The first-order valence-electron chi connectivity index (χ1n) is 10.0. The summed E-state index contributed by atoms with van der Waals surface area (Å²) in [7, 11) is 3.56. The van der Waals surface area contributed by atoms with Crippen LogP contribution in [0, 0.1) is 0 Å². The monoisotopic (exact) mass is 381 g/mol. The average molecular weight is 382 g/mol. The lowest BCUT2D eigenvalue weighted by Gasteiger charge is -2.34. The Kier molecular flexibility index (Phi) is 9.55. The summed E-state index contributed by atoms with van der Waals surface area (Å²) in [6.45, 7) is 8.44. The van der Waals surface area contributed by atoms with Crippen molar-refractivity contribution in [1.82, 2.24) is 20.4 Å². The van der Waals surface area contributed by atoms with Gasteiger partial charge in [0.1, 0.15) is 0 Å². The standard InChI is InChI=1S/C19H35N5O3/c1-15(2)18-22-17(27-23-18)7-5-10-21-19(20-3)24-11-8-16(9-12-24)26-14-6-13-25-4/h15-16H,5-14H2,1-4H3,(H,20,21). The van der Waals surface area contributed by atoms with Crippen molar-refractivity contribution in [2.24, 2.45) is 4.99 Å². The van der Waals surface area contributed by atoms with Crippen molar-refractivity contribution in [2.45, 2.75) is 58.0 Å². The van der Waals surface area contributed by atoms with Crippen molar-refractivity contribution in [3.8, 4) is 0 Å². The molecule has 0 aromatic carbocycles. The summed E-state index contributed by atoms with van der Waals surface area (Å²) in [5.41, 5.74) is 0. The fourth-order valence-electron chi connectivity index (χ4n) is 3.06. The maximum atomic E-state index is 5.92. The highest BCUT2D eigenvalue weighted by atomic mass is 16.5. The zero-order chi connectivity index (χ0) is 19.5. The topological polar surface area (TPSA) is 85.0 Å². The van der Waals surface area contributed by atoms with Gasteiger partial charge < -0.3 is 24.2 Å². The molecule has 8 nitrogen and oxygen atoms in total. The van der Waals surface area contributed by atoms with E-state index in [0.717, 1.165) is 76.7 Å². The fourth-order valence-corrected chi connectivity index (χ4v) is 3.06. The van der Waals surface area contributed by atoms with Crippen LogP contribution in [0.2, 0.25) is 0 Å². The average Bonchev–Trinajstić information content (AvgIpc) is 3.15. The molecule has 1 aromatic heterocycles. The summed E-state index contributed by atoms with van der Waals surface area (Å²) in [4.78, 5) is 11.1. The minimum Gasteiger partial charge on any atom is -0.385 e. The van der Waals surface area contributed by atoms with Gasteiger partial charge in [0.25, 0.3) is 0 Å². The molecule has 1 fully saturated rings. The van der Waals surface area contributed by atoms with Crippen LogP contribution in [0.15, 0.2) is 9.52 Å². The molecule has 0 bridgehead atoms. The van der Waals surface area contributed by atoms with Gasteiger partial charge in [0.2, 0.25) is 5.89 Å². The Bertz CT molecular complexity index is 553. The zero-order valence-electron chi connectivity index (χ0n) is 17.2. The maximum Gasteiger partial charge on any atom is 0.226 e. The molecule has 27 heavy (non-hydrogen) atoms. The number of nitrogens with zero attached hydrogens (tertiary/aromatic N) is 4. The van der Waals surface area contributed by atoms with Crippen LogP contribution >= 0.6 is 0 Å². The van der Waals surface area contributed by atoms with Gasteiger partial charge in [0.05, 0.1) is 6.10 Å². The molecule has 1 N–H and O–H groups in total. The van der Waals surface area contributed by atoms with Crippen molar-refractivity contribution in [2.75, 3.05) is 47.0 Å². The number of aryl methyl sites for hydroxylation is 1. The zero-order valence-corrected chi connectivity index (χ0v) is 17.2. The molecule has 2 rings (SSSR count). The molecule has 1 aromatic rings. The van der Waals surface area contributed by atoms with E-state index in [1.54, 1.807) is 7.11 Å². The van der Waals surface area contributed by atoms with E-state index in [2.05, 4.69) is 39.2 Å². The number of methoxy groups -OCH3 is 1. The molecule has 1 saturated heterocycles. The van der Waals surface area contributed by atoms with Gasteiger partial charge in [-0.1, -0.05) is 19.0 Å². The molecule has 0 amide bonds. The second-order valence-corrected chi connectivity index (χ2v) is 7.18. The summed E-state index contributed by atoms with van der Waals surface area (Å²) < 4.78 is 16.3. The van der Waals surface area contributed by atoms with Gasteiger partial charge in [-0.2, -0.15) is 4.98 Å². The fraction of sp³-hybridized carbons (Fsp3) is 0.842. The molecule has 0 spiro atoms. The molecule has 154 valence electrons. The van der Waals surface area contributed by atoms with Gasteiger partial charge in [0, 0.05) is 59.3 Å². The lowest BCUT2D eigenvalue weighted by atomic mass is 10.1. The second-order valence-electron chi connectivity index (χ2n) is 7.18. The Balaban J connectivity index is 1.62. The van der Waals surface area contributed by atoms with Crippen molar-refractivity contribution in [3.05, 3.63) is 11.7 Å². The van der Waals surface area contributed by atoms with Gasteiger partial charge >= 0.3 is 0 Å². The number of rotatable bonds is 10. The third kappa shape index (κ3) is 7.46. The number of guanidine groups is 1. The van der Waals surface area contributed by atoms with E-state index in [1.807, 2.05) is 7.05 Å². The highest BCUT2D eigenvalue weighted by Gasteiger charge is 2.21. The van der Waals surface area contributed by atoms with Crippen LogP contribution in [-0.4, -0.2) is 74.1 Å². The summed E-state index contributed by atoms with van der Waals surface area (Å²) in [6, 6.07) is 0. The van der Waals surface area contributed by atoms with Gasteiger partial charge in [-0.25, -0.2) is 0 Å². The lowest BCUT2D eigenvalue weighted by molar-refractivity contribution is 0.00991. The second kappa shape index (κ2) is 11.9. The summed E-state index contributed by atoms with van der Waals surface area (Å²) in [6.07, 6.45) is 5.09. The normalized spacial score (nSPS) is 16.3. The number of likely N-dealkylation sites (tertiary alicyclic amines) is 1. The number of ether oxygens (including phenoxy) is 2. The van der Waals surface area contributed by atoms with Gasteiger partial charge in [-0.15, -0.1) is 0 Å². The number of nitrogens with one attached hydrogen (secondary N) is 1. The number of aliphatic imine (C=N–C) groups is 1. The Morgan fingerprint density at radius 1 is 1.30 bits per heavy atom. The van der Waals surface area contributed by atoms with Crippen LogP contribution in [0.3, 0.4) is 0 Å². The molecule has 0 atom stereocenters. The molecule has 0 unspecified atom stereocenters. The summed E-state index contributed by atoms with van der Waals surface area (Å²) in [5.74, 6) is 2.75. The molecule has 0 aliphatic carbocycles. The molecule has 2 heterocycles. The van der Waals surface area contributed by atoms with E-state index in [4.69, 9.17) is 14.0 Å². The molecule has 1 aliphatic rings. The SMILES string of the molecule is CN=C(NCCCc1nc(C(C)C)no1)N1CCC(OCCCOC)CC1. The first kappa shape index (κ1) is 21.6. The number of hydrogen-bond donors (Lipinski definition) is 1. The molecular formula is C19H35N5O3. The van der Waals surface area contributed by atoms with Crippen LogP contribution in [0.5, 0.6) is 0 Å². The number of aromatic nitrogens is 2. The van der Waals surface area contributed by atoms with Crippen LogP contribution in [-0.2, 0) is 15.9 Å². The van der Waals surface area contributed by atoms with Crippen molar-refractivity contribution in [3.63, 3.8) is 0 Å². The van der Waals surface area contributed by atoms with E-state index >= 15 is 0 Å². The van der Waals surface area contributed by atoms with E-state index in [0.29, 0.717) is 17.9 Å². The number of hydrogen-bond acceptors (Lipinski definition) is 6. The smallest absolute Gasteiger partial charge is 0.226 e. The molecule has 1 aliphatic heterocycles. The van der Waals surface area contributed by atoms with Crippen molar-refractivity contribution < 1.29 is 14.0 Å². The van der Waals surface area contributed by atoms with Crippen LogP contribution in [0.25, 0.3) is 0 Å². The van der Waals surface area contributed by atoms with Crippen molar-refractivity contribution in [1.29, 1.82) is 0 Å². The van der Waals surface area contributed by atoms with Crippen LogP contribution in [0.4, 0.5) is 0 Å². The predicted octanol–water partition coefficient (Wildman–Crippen LogP) is 2.22. The molecule has 8 heteroatoms.